The lowest BCUT2D eigenvalue weighted by Crippen LogP contribution is -2.30. The van der Waals surface area contributed by atoms with E-state index in [1.54, 1.807) is 0 Å². The van der Waals surface area contributed by atoms with Crippen LogP contribution in [0.25, 0.3) is 0 Å². The monoisotopic (exact) mass is 1480 g/mol. The molecule has 0 radical (unpaired) electrons. The summed E-state index contributed by atoms with van der Waals surface area (Å²) >= 11 is 0. The Balaban J connectivity index is 5.24. The lowest BCUT2D eigenvalue weighted by molar-refractivity contribution is -0.161. The summed E-state index contributed by atoms with van der Waals surface area (Å²) in [5, 5.41) is 10.6. The number of carbonyl (C=O) groups is 4. The molecule has 0 bridgehead atoms. The first-order chi connectivity index (χ1) is 48.9. The third-order valence-corrected chi connectivity index (χ3v) is 21.1. The van der Waals surface area contributed by atoms with Crippen LogP contribution < -0.4 is 0 Å². The third-order valence-electron chi connectivity index (χ3n) is 19.2. The second kappa shape index (κ2) is 73.6. The molecule has 2 unspecified atom stereocenters. The SMILES string of the molecule is CCCCCCCCCCCCCCCCCCCCCC(=O)O[C@H](COC(=O)CCCCCCCCCCCCCCCC(C)C)COP(=O)(O)OC[C@@H](O)COP(=O)(O)OC[C@@H](COC(=O)CCCCCCCCCCCC)OC(=O)CCCCCCCCCCCCCCCC(C)C. The van der Waals surface area contributed by atoms with Crippen LogP contribution in [0.15, 0.2) is 0 Å². The molecular weight excluding hydrogens is 1320 g/mol. The summed E-state index contributed by atoms with van der Waals surface area (Å²) in [6.45, 7) is 9.67. The maximum absolute atomic E-state index is 13.1. The van der Waals surface area contributed by atoms with Crippen molar-refractivity contribution in [3.05, 3.63) is 0 Å². The standard InChI is InChI=1S/C82H160O17P2/c1-7-9-11-13-15-17-19-20-21-22-23-24-25-30-36-42-48-54-60-66-81(86)99-78(71-93-80(85)65-59-53-47-41-35-31-26-28-33-38-44-50-56-62-74(3)4)73-97-101(90,91)95-69-76(83)68-94-100(88,89)96-72-77(70-92-79(84)64-58-52-46-40-18-16-14-12-10-8-2)98-82(87)67-61-55-49-43-37-32-27-29-34-39-45-51-57-63-75(5)6/h74-78,83H,7-73H2,1-6H3,(H,88,89)(H,90,91)/t76-,77+,78+/m0/s1. The molecule has 0 aromatic carbocycles. The van der Waals surface area contributed by atoms with Crippen LogP contribution in [-0.2, 0) is 65.4 Å². The van der Waals surface area contributed by atoms with Gasteiger partial charge >= 0.3 is 39.5 Å². The van der Waals surface area contributed by atoms with Crippen molar-refractivity contribution in [2.75, 3.05) is 39.6 Å². The predicted octanol–water partition coefficient (Wildman–Crippen LogP) is 24.7. The van der Waals surface area contributed by atoms with E-state index < -0.39 is 97.5 Å². The number of ether oxygens (including phenoxy) is 4. The largest absolute Gasteiger partial charge is 0.472 e. The minimum Gasteiger partial charge on any atom is -0.462 e. The van der Waals surface area contributed by atoms with Crippen molar-refractivity contribution >= 4 is 39.5 Å². The molecule has 0 spiro atoms. The van der Waals surface area contributed by atoms with Gasteiger partial charge in [0, 0.05) is 25.7 Å². The average Bonchev–Trinajstić information content (AvgIpc) is 1.32. The summed E-state index contributed by atoms with van der Waals surface area (Å²) in [5.74, 6) is -0.528. The molecule has 17 nitrogen and oxygen atoms in total. The maximum atomic E-state index is 13.1. The maximum Gasteiger partial charge on any atom is 0.472 e. The Bertz CT molecular complexity index is 1940. The molecule has 600 valence electrons. The Kier molecular flexibility index (Phi) is 72.2. The predicted molar refractivity (Wildman–Crippen MR) is 414 cm³/mol. The highest BCUT2D eigenvalue weighted by Gasteiger charge is 2.30. The molecular formula is C82H160O17P2. The Labute approximate surface area is 619 Å². The lowest BCUT2D eigenvalue weighted by Gasteiger charge is -2.21. The van der Waals surface area contributed by atoms with Crippen LogP contribution in [-0.4, -0.2) is 96.7 Å². The molecule has 5 atom stereocenters. The number of unbranched alkanes of at least 4 members (excludes halogenated alkanes) is 51. The Morgan fingerprint density at radius 3 is 0.673 bits per heavy atom. The van der Waals surface area contributed by atoms with Gasteiger partial charge in [-0.2, -0.15) is 0 Å². The summed E-state index contributed by atoms with van der Waals surface area (Å²) in [6, 6.07) is 0. The number of hydrogen-bond acceptors (Lipinski definition) is 15. The van der Waals surface area contributed by atoms with Crippen LogP contribution >= 0.6 is 15.6 Å². The van der Waals surface area contributed by atoms with Gasteiger partial charge in [0.1, 0.15) is 19.3 Å². The van der Waals surface area contributed by atoms with Crippen molar-refractivity contribution in [1.82, 2.24) is 0 Å². The third kappa shape index (κ3) is 76.1. The summed E-state index contributed by atoms with van der Waals surface area (Å²) in [4.78, 5) is 73.1. The van der Waals surface area contributed by atoms with Crippen molar-refractivity contribution in [3.63, 3.8) is 0 Å². The number of esters is 4. The molecule has 0 aliphatic heterocycles. The van der Waals surface area contributed by atoms with E-state index in [0.29, 0.717) is 25.7 Å². The van der Waals surface area contributed by atoms with Crippen molar-refractivity contribution in [1.29, 1.82) is 0 Å². The van der Waals surface area contributed by atoms with Crippen molar-refractivity contribution in [2.24, 2.45) is 11.8 Å². The first kappa shape index (κ1) is 99.1. The molecule has 0 aliphatic carbocycles. The molecule has 0 saturated heterocycles. The molecule has 0 aromatic rings. The van der Waals surface area contributed by atoms with Gasteiger partial charge in [0.25, 0.3) is 0 Å². The molecule has 0 heterocycles. The van der Waals surface area contributed by atoms with Crippen LogP contribution in [0.2, 0.25) is 0 Å². The van der Waals surface area contributed by atoms with Crippen LogP contribution in [0.1, 0.15) is 433 Å². The normalized spacial score (nSPS) is 13.9. The number of phosphoric acid groups is 2. The number of aliphatic hydroxyl groups excluding tert-OH is 1. The number of phosphoric ester groups is 2. The van der Waals surface area contributed by atoms with E-state index in [1.165, 1.54) is 250 Å². The van der Waals surface area contributed by atoms with E-state index in [1.807, 2.05) is 0 Å². The zero-order valence-electron chi connectivity index (χ0n) is 66.2. The zero-order valence-corrected chi connectivity index (χ0v) is 68.0. The molecule has 101 heavy (non-hydrogen) atoms. The molecule has 19 heteroatoms. The second-order valence-electron chi connectivity index (χ2n) is 30.5. The highest BCUT2D eigenvalue weighted by molar-refractivity contribution is 7.47. The molecule has 0 amide bonds. The van der Waals surface area contributed by atoms with E-state index in [0.717, 1.165) is 102 Å². The van der Waals surface area contributed by atoms with Gasteiger partial charge < -0.3 is 33.8 Å². The minimum atomic E-state index is -4.96. The van der Waals surface area contributed by atoms with Gasteiger partial charge in [0.05, 0.1) is 26.4 Å². The van der Waals surface area contributed by atoms with Gasteiger partial charge in [-0.15, -0.1) is 0 Å². The number of carbonyl (C=O) groups excluding carboxylic acids is 4. The summed E-state index contributed by atoms with van der Waals surface area (Å²) in [5.41, 5.74) is 0. The summed E-state index contributed by atoms with van der Waals surface area (Å²) in [7, 11) is -9.92. The van der Waals surface area contributed by atoms with E-state index in [2.05, 4.69) is 41.5 Å². The fraction of sp³-hybridized carbons (Fsp3) is 0.951. The Morgan fingerprint density at radius 2 is 0.455 bits per heavy atom. The van der Waals surface area contributed by atoms with Gasteiger partial charge in [-0.05, 0) is 37.5 Å². The zero-order chi connectivity index (χ0) is 74.2. The number of hydrogen-bond donors (Lipinski definition) is 3. The lowest BCUT2D eigenvalue weighted by atomic mass is 10.0. The van der Waals surface area contributed by atoms with Gasteiger partial charge in [-0.25, -0.2) is 9.13 Å². The molecule has 0 aliphatic rings. The quantitative estimate of drug-likeness (QED) is 0.0222. The van der Waals surface area contributed by atoms with Gasteiger partial charge in [-0.1, -0.05) is 382 Å². The first-order valence-electron chi connectivity index (χ1n) is 42.5. The van der Waals surface area contributed by atoms with Crippen LogP contribution in [0.5, 0.6) is 0 Å². The summed E-state index contributed by atoms with van der Waals surface area (Å²) < 4.78 is 68.8. The molecule has 3 N–H and O–H groups in total. The van der Waals surface area contributed by atoms with Gasteiger partial charge in [0.15, 0.2) is 12.2 Å². The van der Waals surface area contributed by atoms with Crippen LogP contribution in [0, 0.1) is 11.8 Å². The van der Waals surface area contributed by atoms with E-state index >= 15 is 0 Å². The second-order valence-corrected chi connectivity index (χ2v) is 33.4. The Morgan fingerprint density at radius 1 is 0.267 bits per heavy atom. The fourth-order valence-electron chi connectivity index (χ4n) is 12.7. The topological polar surface area (TPSA) is 237 Å². The highest BCUT2D eigenvalue weighted by atomic mass is 31.2. The number of aliphatic hydroxyl groups is 1. The average molecular weight is 1480 g/mol. The minimum absolute atomic E-state index is 0.108. The fourth-order valence-corrected chi connectivity index (χ4v) is 14.3. The first-order valence-corrected chi connectivity index (χ1v) is 45.5. The molecule has 0 fully saturated rings. The van der Waals surface area contributed by atoms with Crippen LogP contribution in [0.4, 0.5) is 0 Å². The summed E-state index contributed by atoms with van der Waals surface area (Å²) in [6.07, 6.45) is 63.8. The molecule has 0 saturated carbocycles. The Hall–Kier alpha value is -1.94. The van der Waals surface area contributed by atoms with Gasteiger partial charge in [0.2, 0.25) is 0 Å². The van der Waals surface area contributed by atoms with Crippen molar-refractivity contribution in [3.8, 4) is 0 Å². The smallest absolute Gasteiger partial charge is 0.462 e. The van der Waals surface area contributed by atoms with Crippen LogP contribution in [0.3, 0.4) is 0 Å². The highest BCUT2D eigenvalue weighted by Crippen LogP contribution is 2.45. The number of rotatable bonds is 81. The van der Waals surface area contributed by atoms with Gasteiger partial charge in [-0.3, -0.25) is 37.3 Å². The van der Waals surface area contributed by atoms with E-state index in [4.69, 9.17) is 37.0 Å². The van der Waals surface area contributed by atoms with Crippen molar-refractivity contribution < 1.29 is 80.2 Å². The molecule has 0 rings (SSSR count). The van der Waals surface area contributed by atoms with Crippen molar-refractivity contribution in [2.45, 2.75) is 452 Å². The molecule has 0 aromatic heterocycles. The van der Waals surface area contributed by atoms with E-state index in [9.17, 15) is 43.2 Å². The van der Waals surface area contributed by atoms with E-state index in [-0.39, 0.29) is 25.7 Å².